The number of hydrogen-bond donors (Lipinski definition) is 1. The molecule has 8 rings (SSSR count). The number of fused-ring (bicyclic) bond motifs is 4. The van der Waals surface area contributed by atoms with Crippen molar-refractivity contribution in [3.05, 3.63) is 128 Å². The van der Waals surface area contributed by atoms with Gasteiger partial charge in [0.2, 0.25) is 0 Å². The Morgan fingerprint density at radius 3 is 1.58 bits per heavy atom. The van der Waals surface area contributed by atoms with Crippen LogP contribution in [0.3, 0.4) is 0 Å². The van der Waals surface area contributed by atoms with E-state index in [4.69, 9.17) is 55.8 Å². The summed E-state index contributed by atoms with van der Waals surface area (Å²) in [6.07, 6.45) is 16.1. The SMILES string of the molecule is COOSN1CCC(C2c3ccc(Cl)cc3C(CCCO)=Cc3cccnc32)CC1.COOSN1CCC(C2c3ccc(Cl)cc3C(CCCOS(C)(=O)=O)=Cc3cccnc32)CC1. The minimum Gasteiger partial charge on any atom is -0.396 e. The molecule has 0 radical (unpaired) electrons. The van der Waals surface area contributed by atoms with E-state index < -0.39 is 10.1 Å². The van der Waals surface area contributed by atoms with E-state index >= 15 is 0 Å². The van der Waals surface area contributed by atoms with E-state index in [1.165, 1.54) is 66.5 Å². The Morgan fingerprint density at radius 2 is 1.16 bits per heavy atom. The normalized spacial score (nSPS) is 19.5. The first-order valence-electron chi connectivity index (χ1n) is 21.7. The highest BCUT2D eigenvalue weighted by Crippen LogP contribution is 2.48. The van der Waals surface area contributed by atoms with Gasteiger partial charge in [0, 0.05) is 67.1 Å². The molecular formula is C47H56Cl2N4O8S3. The highest BCUT2D eigenvalue weighted by atomic mass is 35.5. The maximum atomic E-state index is 11.4. The van der Waals surface area contributed by atoms with Crippen LogP contribution in [0.5, 0.6) is 0 Å². The van der Waals surface area contributed by atoms with Gasteiger partial charge in [-0.25, -0.2) is 18.4 Å². The van der Waals surface area contributed by atoms with Gasteiger partial charge in [-0.05, 0) is 156 Å². The number of aromatic nitrogens is 2. The predicted molar refractivity (Wildman–Crippen MR) is 257 cm³/mol. The molecule has 2 aromatic carbocycles. The number of aliphatic hydroxyl groups excluding tert-OH is 1. The van der Waals surface area contributed by atoms with Crippen molar-refractivity contribution in [3.63, 3.8) is 0 Å². The highest BCUT2D eigenvalue weighted by molar-refractivity contribution is 7.92. The van der Waals surface area contributed by atoms with E-state index in [2.05, 4.69) is 51.1 Å². The first kappa shape index (κ1) is 49.0. The van der Waals surface area contributed by atoms with Gasteiger partial charge in [-0.15, -0.1) is 8.67 Å². The molecule has 4 heterocycles. The van der Waals surface area contributed by atoms with Crippen LogP contribution >= 0.6 is 47.7 Å². The lowest BCUT2D eigenvalue weighted by Crippen LogP contribution is -2.32. The van der Waals surface area contributed by atoms with Gasteiger partial charge in [-0.2, -0.15) is 8.42 Å². The number of rotatable bonds is 16. The Kier molecular flexibility index (Phi) is 18.2. The summed E-state index contributed by atoms with van der Waals surface area (Å²) in [4.78, 5) is 19.1. The molecule has 2 saturated heterocycles. The van der Waals surface area contributed by atoms with E-state index in [0.29, 0.717) is 29.7 Å². The summed E-state index contributed by atoms with van der Waals surface area (Å²) < 4.78 is 42.1. The van der Waals surface area contributed by atoms with Crippen LogP contribution < -0.4 is 0 Å². The molecule has 2 unspecified atom stereocenters. The molecule has 17 heteroatoms. The first-order chi connectivity index (χ1) is 31.1. The predicted octanol–water partition coefficient (Wildman–Crippen LogP) is 10.7. The van der Waals surface area contributed by atoms with Crippen LogP contribution in [0, 0.1) is 11.8 Å². The Balaban J connectivity index is 0.000000193. The lowest BCUT2D eigenvalue weighted by molar-refractivity contribution is -0.164. The molecule has 344 valence electrons. The summed E-state index contributed by atoms with van der Waals surface area (Å²) in [6, 6.07) is 20.6. The quantitative estimate of drug-likeness (QED) is 0.0285. The number of pyridine rings is 2. The van der Waals surface area contributed by atoms with Crippen LogP contribution in [-0.2, 0) is 32.7 Å². The molecule has 2 aliphatic carbocycles. The van der Waals surface area contributed by atoms with Crippen LogP contribution in [0.25, 0.3) is 23.3 Å². The molecule has 64 heavy (non-hydrogen) atoms. The molecule has 2 aromatic heterocycles. The van der Waals surface area contributed by atoms with E-state index in [9.17, 15) is 13.5 Å². The van der Waals surface area contributed by atoms with Gasteiger partial charge in [-0.3, -0.25) is 14.2 Å². The van der Waals surface area contributed by atoms with Crippen LogP contribution in [0.4, 0.5) is 0 Å². The fourth-order valence-corrected chi connectivity index (χ4v) is 11.2. The third-order valence-corrected chi connectivity index (χ3v) is 14.8. The van der Waals surface area contributed by atoms with Crippen molar-refractivity contribution < 1.29 is 36.2 Å². The number of benzene rings is 2. The molecule has 2 atom stereocenters. The molecular weight excluding hydrogens is 916 g/mol. The van der Waals surface area contributed by atoms with Crippen molar-refractivity contribution >= 4 is 81.1 Å². The fourth-order valence-electron chi connectivity index (χ4n) is 9.43. The minimum absolute atomic E-state index is 0.139. The van der Waals surface area contributed by atoms with Gasteiger partial charge in [0.15, 0.2) is 0 Å². The van der Waals surface area contributed by atoms with Crippen molar-refractivity contribution in [1.29, 1.82) is 0 Å². The van der Waals surface area contributed by atoms with E-state index in [1.807, 2.05) is 42.7 Å². The smallest absolute Gasteiger partial charge is 0.264 e. The number of halogens is 2. The largest absolute Gasteiger partial charge is 0.396 e. The van der Waals surface area contributed by atoms with E-state index in [0.717, 1.165) is 104 Å². The third kappa shape index (κ3) is 12.8. The number of aliphatic hydroxyl groups is 1. The van der Waals surface area contributed by atoms with Gasteiger partial charge < -0.3 is 5.11 Å². The van der Waals surface area contributed by atoms with Crippen molar-refractivity contribution in [2.75, 3.05) is 59.9 Å². The average molecular weight is 972 g/mol. The van der Waals surface area contributed by atoms with Crippen LogP contribution in [-0.4, -0.2) is 92.0 Å². The van der Waals surface area contributed by atoms with Gasteiger partial charge in [0.1, 0.15) is 24.5 Å². The maximum absolute atomic E-state index is 11.4. The van der Waals surface area contributed by atoms with Gasteiger partial charge in [-0.1, -0.05) is 47.5 Å². The zero-order valence-corrected chi connectivity index (χ0v) is 40.3. The molecule has 0 saturated carbocycles. The van der Waals surface area contributed by atoms with Crippen LogP contribution in [0.1, 0.15) is 108 Å². The Bertz CT molecular complexity index is 2360. The van der Waals surface area contributed by atoms with Gasteiger partial charge in [0.25, 0.3) is 10.1 Å². The fraction of sp³-hybridized carbons (Fsp3) is 0.447. The first-order valence-corrected chi connectivity index (χ1v) is 25.6. The molecule has 0 spiro atoms. The summed E-state index contributed by atoms with van der Waals surface area (Å²) in [5.41, 5.74) is 11.6. The molecule has 0 amide bonds. The third-order valence-electron chi connectivity index (χ3n) is 12.2. The molecule has 4 aliphatic rings. The standard InChI is InChI=1S/C24H29ClN2O5S2.C23H27ClN2O3S/c1-30-32-33-27-12-9-17(10-13-27)23-21-8-7-20(25)16-22(21)18(6-4-14-31-34(2,28)29)15-19-5-3-11-26-24(19)23;1-28-29-30-26-11-8-16(9-12-26)22-20-7-6-19(24)15-21(20)17(5-3-13-27)14-18-4-2-10-25-23(18)22/h3,5,7-8,11,15-17,23H,4,6,9-10,12-14H2,1-2H3;2,4,6-7,10,14-16,22,27H,3,5,8-9,11-13H2,1H3. The van der Waals surface area contributed by atoms with Crippen molar-refractivity contribution in [2.24, 2.45) is 11.8 Å². The highest BCUT2D eigenvalue weighted by Gasteiger charge is 2.36. The minimum atomic E-state index is -3.46. The maximum Gasteiger partial charge on any atom is 0.264 e. The Morgan fingerprint density at radius 1 is 0.703 bits per heavy atom. The summed E-state index contributed by atoms with van der Waals surface area (Å²) in [7, 11) is -0.424. The topological polar surface area (TPSA) is 133 Å². The number of hydrogen-bond acceptors (Lipinski definition) is 14. The molecule has 0 bridgehead atoms. The van der Waals surface area contributed by atoms with Crippen LogP contribution in [0.2, 0.25) is 10.0 Å². The lowest BCUT2D eigenvalue weighted by atomic mass is 9.76. The van der Waals surface area contributed by atoms with Crippen molar-refractivity contribution in [1.82, 2.24) is 18.6 Å². The molecule has 2 aliphatic heterocycles. The average Bonchev–Trinajstić information content (AvgIpc) is 3.52. The van der Waals surface area contributed by atoms with Gasteiger partial charge in [0.05, 0.1) is 38.5 Å². The van der Waals surface area contributed by atoms with Crippen molar-refractivity contribution in [3.8, 4) is 0 Å². The second-order valence-electron chi connectivity index (χ2n) is 16.3. The lowest BCUT2D eigenvalue weighted by Gasteiger charge is -2.35. The van der Waals surface area contributed by atoms with E-state index in [1.54, 1.807) is 0 Å². The molecule has 4 aromatic rings. The monoisotopic (exact) mass is 970 g/mol. The summed E-state index contributed by atoms with van der Waals surface area (Å²) in [5.74, 6) is 1.24. The van der Waals surface area contributed by atoms with Gasteiger partial charge >= 0.3 is 0 Å². The second-order valence-corrected chi connectivity index (χ2v) is 20.4. The molecule has 1 N–H and O–H groups in total. The molecule has 2 fully saturated rings. The Labute approximate surface area is 396 Å². The molecule has 12 nitrogen and oxygen atoms in total. The zero-order valence-electron chi connectivity index (χ0n) is 36.4. The number of nitrogens with zero attached hydrogens (tertiary/aromatic N) is 4. The van der Waals surface area contributed by atoms with E-state index in [-0.39, 0.29) is 25.0 Å². The van der Waals surface area contributed by atoms with Crippen LogP contribution in [0.15, 0.2) is 73.1 Å². The summed E-state index contributed by atoms with van der Waals surface area (Å²) >= 11 is 15.4. The second kappa shape index (κ2) is 23.7. The summed E-state index contributed by atoms with van der Waals surface area (Å²) in [5, 5.41) is 10.8. The summed E-state index contributed by atoms with van der Waals surface area (Å²) in [6.45, 7) is 3.98. The number of piperidine rings is 2. The Hall–Kier alpha value is -2.87. The number of allylic oxidation sites excluding steroid dienone is 2. The van der Waals surface area contributed by atoms with Crippen molar-refractivity contribution in [2.45, 2.75) is 63.2 Å². The zero-order chi connectivity index (χ0) is 45.1.